The molecule has 6 heteroatoms. The Labute approximate surface area is 123 Å². The minimum Gasteiger partial charge on any atom is -0.267 e. The summed E-state index contributed by atoms with van der Waals surface area (Å²) in [6.07, 6.45) is 7.19. The van der Waals surface area contributed by atoms with Crippen LogP contribution in [0.25, 0.3) is 0 Å². The number of rotatable bonds is 4. The molecular formula is C13H19BrN2O2S. The third kappa shape index (κ3) is 4.45. The first kappa shape index (κ1) is 14.8. The second-order valence-corrected chi connectivity index (χ2v) is 7.83. The van der Waals surface area contributed by atoms with Gasteiger partial charge in [-0.3, -0.25) is 4.72 Å². The molecule has 0 atom stereocenters. The van der Waals surface area contributed by atoms with Gasteiger partial charge in [-0.25, -0.2) is 13.4 Å². The molecule has 1 aliphatic rings. The van der Waals surface area contributed by atoms with Crippen LogP contribution >= 0.6 is 15.9 Å². The summed E-state index contributed by atoms with van der Waals surface area (Å²) in [5.41, 5.74) is 0.963. The normalized spacial score (nSPS) is 17.4. The van der Waals surface area contributed by atoms with Gasteiger partial charge in [-0.2, -0.15) is 0 Å². The summed E-state index contributed by atoms with van der Waals surface area (Å²) in [6, 6.07) is 1.74. The number of aryl methyl sites for hydroxylation is 1. The summed E-state index contributed by atoms with van der Waals surface area (Å²) in [6.45, 7) is 1.91. The first-order valence-electron chi connectivity index (χ1n) is 6.59. The van der Waals surface area contributed by atoms with Crippen molar-refractivity contribution in [1.29, 1.82) is 0 Å². The molecule has 1 heterocycles. The summed E-state index contributed by atoms with van der Waals surface area (Å²) in [5.74, 6) is 0.906. The highest BCUT2D eigenvalue weighted by molar-refractivity contribution is 9.10. The van der Waals surface area contributed by atoms with E-state index in [9.17, 15) is 8.42 Å². The van der Waals surface area contributed by atoms with Gasteiger partial charge in [0.2, 0.25) is 10.0 Å². The van der Waals surface area contributed by atoms with Crippen molar-refractivity contribution in [2.75, 3.05) is 10.5 Å². The quantitative estimate of drug-likeness (QED) is 0.907. The zero-order valence-electron chi connectivity index (χ0n) is 11.0. The number of pyridine rings is 1. The predicted octanol–water partition coefficient (Wildman–Crippen LogP) is 3.47. The second-order valence-electron chi connectivity index (χ2n) is 5.21. The lowest BCUT2D eigenvalue weighted by atomic mass is 9.91. The molecule has 0 spiro atoms. The topological polar surface area (TPSA) is 59.1 Å². The average molecular weight is 347 g/mol. The van der Waals surface area contributed by atoms with Gasteiger partial charge in [0, 0.05) is 10.7 Å². The van der Waals surface area contributed by atoms with E-state index in [4.69, 9.17) is 0 Å². The van der Waals surface area contributed by atoms with Gasteiger partial charge < -0.3 is 0 Å². The van der Waals surface area contributed by atoms with Gasteiger partial charge in [0.25, 0.3) is 0 Å². The third-order valence-electron chi connectivity index (χ3n) is 3.49. The fourth-order valence-corrected chi connectivity index (χ4v) is 4.14. The molecule has 19 heavy (non-hydrogen) atoms. The number of nitrogens with zero attached hydrogens (tertiary/aromatic N) is 1. The number of hydrogen-bond acceptors (Lipinski definition) is 3. The van der Waals surface area contributed by atoms with Crippen LogP contribution in [0.5, 0.6) is 0 Å². The van der Waals surface area contributed by atoms with E-state index >= 15 is 0 Å². The van der Waals surface area contributed by atoms with Crippen LogP contribution in [0.2, 0.25) is 0 Å². The SMILES string of the molecule is Cc1cc(NS(=O)(=O)CC2CCCCC2)ncc1Br. The average Bonchev–Trinajstić information content (AvgIpc) is 2.34. The van der Waals surface area contributed by atoms with E-state index in [-0.39, 0.29) is 5.75 Å². The van der Waals surface area contributed by atoms with Crippen molar-refractivity contribution in [3.8, 4) is 0 Å². The number of halogens is 1. The maximum absolute atomic E-state index is 12.1. The molecule has 0 amide bonds. The minimum absolute atomic E-state index is 0.212. The zero-order valence-corrected chi connectivity index (χ0v) is 13.4. The maximum Gasteiger partial charge on any atom is 0.234 e. The molecule has 0 aromatic carbocycles. The van der Waals surface area contributed by atoms with E-state index in [0.717, 1.165) is 35.7 Å². The zero-order chi connectivity index (χ0) is 13.9. The highest BCUT2D eigenvalue weighted by atomic mass is 79.9. The van der Waals surface area contributed by atoms with Gasteiger partial charge in [-0.15, -0.1) is 0 Å². The summed E-state index contributed by atoms with van der Waals surface area (Å²) in [5, 5.41) is 0. The van der Waals surface area contributed by atoms with Gasteiger partial charge in [0.05, 0.1) is 5.75 Å². The van der Waals surface area contributed by atoms with Crippen LogP contribution in [0, 0.1) is 12.8 Å². The van der Waals surface area contributed by atoms with Gasteiger partial charge >= 0.3 is 0 Å². The molecule has 1 N–H and O–H groups in total. The highest BCUT2D eigenvalue weighted by Gasteiger charge is 2.21. The molecule has 0 unspecified atom stereocenters. The lowest BCUT2D eigenvalue weighted by Crippen LogP contribution is -2.24. The fourth-order valence-electron chi connectivity index (χ4n) is 2.46. The van der Waals surface area contributed by atoms with Gasteiger partial charge in [-0.1, -0.05) is 19.3 Å². The van der Waals surface area contributed by atoms with E-state index < -0.39 is 10.0 Å². The van der Waals surface area contributed by atoms with Crippen LogP contribution in [0.15, 0.2) is 16.7 Å². The molecule has 4 nitrogen and oxygen atoms in total. The Balaban J connectivity index is 2.01. The van der Waals surface area contributed by atoms with Crippen LogP contribution in [-0.2, 0) is 10.0 Å². The number of hydrogen-bond donors (Lipinski definition) is 1. The van der Waals surface area contributed by atoms with Crippen molar-refractivity contribution in [1.82, 2.24) is 4.98 Å². The fraction of sp³-hybridized carbons (Fsp3) is 0.615. The largest absolute Gasteiger partial charge is 0.267 e. The standard InChI is InChI=1S/C13H19BrN2O2S/c1-10-7-13(15-8-12(10)14)16-19(17,18)9-11-5-3-2-4-6-11/h7-8,11H,2-6,9H2,1H3,(H,15,16). The number of sulfonamides is 1. The smallest absolute Gasteiger partial charge is 0.234 e. The monoisotopic (exact) mass is 346 g/mol. The Morgan fingerprint density at radius 3 is 2.68 bits per heavy atom. The van der Waals surface area contributed by atoms with Crippen LogP contribution in [-0.4, -0.2) is 19.2 Å². The van der Waals surface area contributed by atoms with Crippen LogP contribution < -0.4 is 4.72 Å². The Kier molecular flexibility index (Phi) is 4.84. The van der Waals surface area contributed by atoms with E-state index in [0.29, 0.717) is 11.7 Å². The number of aromatic nitrogens is 1. The number of anilines is 1. The third-order valence-corrected chi connectivity index (χ3v) is 5.75. The Morgan fingerprint density at radius 1 is 1.37 bits per heavy atom. The minimum atomic E-state index is -3.29. The molecule has 106 valence electrons. The first-order chi connectivity index (χ1) is 8.96. The molecular weight excluding hydrogens is 328 g/mol. The van der Waals surface area contributed by atoms with Crippen molar-refractivity contribution < 1.29 is 8.42 Å². The summed E-state index contributed by atoms with van der Waals surface area (Å²) >= 11 is 3.35. The van der Waals surface area contributed by atoms with Crippen LogP contribution in [0.1, 0.15) is 37.7 Å². The van der Waals surface area contributed by atoms with E-state index in [1.165, 1.54) is 6.42 Å². The van der Waals surface area contributed by atoms with Crippen LogP contribution in [0.3, 0.4) is 0 Å². The highest BCUT2D eigenvalue weighted by Crippen LogP contribution is 2.25. The molecule has 0 bridgehead atoms. The molecule has 0 radical (unpaired) electrons. The molecule has 1 fully saturated rings. The van der Waals surface area contributed by atoms with E-state index in [2.05, 4.69) is 25.6 Å². The molecule has 1 aliphatic carbocycles. The Bertz CT molecular complexity index is 540. The van der Waals surface area contributed by atoms with Crippen molar-refractivity contribution in [2.24, 2.45) is 5.92 Å². The van der Waals surface area contributed by atoms with Crippen molar-refractivity contribution >= 4 is 31.8 Å². The predicted molar refractivity (Wildman–Crippen MR) is 80.7 cm³/mol. The molecule has 2 rings (SSSR count). The molecule has 1 saturated carbocycles. The van der Waals surface area contributed by atoms with Crippen molar-refractivity contribution in [2.45, 2.75) is 39.0 Å². The van der Waals surface area contributed by atoms with E-state index in [1.807, 2.05) is 6.92 Å². The van der Waals surface area contributed by atoms with Crippen molar-refractivity contribution in [3.05, 3.63) is 22.3 Å². The summed E-state index contributed by atoms with van der Waals surface area (Å²) in [7, 11) is -3.29. The summed E-state index contributed by atoms with van der Waals surface area (Å²) in [4.78, 5) is 4.08. The molecule has 0 aliphatic heterocycles. The van der Waals surface area contributed by atoms with Gasteiger partial charge in [-0.05, 0) is 53.2 Å². The van der Waals surface area contributed by atoms with Crippen LogP contribution in [0.4, 0.5) is 5.82 Å². The molecule has 0 saturated heterocycles. The molecule has 1 aromatic heterocycles. The van der Waals surface area contributed by atoms with E-state index in [1.54, 1.807) is 12.3 Å². The van der Waals surface area contributed by atoms with Gasteiger partial charge in [0.15, 0.2) is 0 Å². The summed E-state index contributed by atoms with van der Waals surface area (Å²) < 4.78 is 27.7. The van der Waals surface area contributed by atoms with Crippen molar-refractivity contribution in [3.63, 3.8) is 0 Å². The lowest BCUT2D eigenvalue weighted by molar-refractivity contribution is 0.385. The Morgan fingerprint density at radius 2 is 2.05 bits per heavy atom. The first-order valence-corrected chi connectivity index (χ1v) is 9.03. The lowest BCUT2D eigenvalue weighted by Gasteiger charge is -2.21. The molecule has 1 aromatic rings. The Hall–Kier alpha value is -0.620. The maximum atomic E-state index is 12.1. The number of nitrogens with one attached hydrogen (secondary N) is 1. The second kappa shape index (κ2) is 6.22. The van der Waals surface area contributed by atoms with Gasteiger partial charge in [0.1, 0.15) is 5.82 Å².